The van der Waals surface area contributed by atoms with Crippen molar-refractivity contribution in [2.75, 3.05) is 0 Å². The van der Waals surface area contributed by atoms with Crippen LogP contribution in [0.1, 0.15) is 0 Å². The first kappa shape index (κ1) is 23.9. The van der Waals surface area contributed by atoms with E-state index < -0.39 is 0 Å². The standard InChI is InChI=1S/C32H16N8.Mg/c1-2-10-18-17(9-1)25-33-26(18)38-28-21-13-5-6-14-22(21)30(35-28)40-32-24-16-8-7-15-23(24)31(36-32)39-29-20-12-4-3-11-19(20)27(34-29)37-25;/h1-16H;/q-2;+2/p+2. The van der Waals surface area contributed by atoms with Crippen molar-refractivity contribution in [3.05, 3.63) is 97.1 Å². The molecular formula is C32H18MgN8+2. The molecule has 2 aliphatic heterocycles. The number of fused-ring (bicyclic) bond motifs is 20. The molecule has 4 aromatic carbocycles. The Hall–Kier alpha value is -4.99. The normalized spacial score (nSPS) is 11.7. The smallest absolute Gasteiger partial charge is 0.331 e. The van der Waals surface area contributed by atoms with E-state index in [1.807, 2.05) is 97.1 Å². The number of hydrogen-bond donors (Lipinski definition) is 0. The van der Waals surface area contributed by atoms with E-state index in [-0.39, 0.29) is 23.1 Å². The number of aromatic nitrogens is 8. The predicted molar refractivity (Wildman–Crippen MR) is 157 cm³/mol. The molecule has 186 valence electrons. The maximum Gasteiger partial charge on any atom is 2.00 e. The summed E-state index contributed by atoms with van der Waals surface area (Å²) in [6.07, 6.45) is 0. The second kappa shape index (κ2) is 9.02. The average molecular weight is 539 g/mol. The van der Waals surface area contributed by atoms with Crippen LogP contribution in [0.5, 0.6) is 0 Å². The average Bonchev–Trinajstić information content (AvgIpc) is 3.73. The number of H-pyrrole nitrogens is 2. The summed E-state index contributed by atoms with van der Waals surface area (Å²) < 4.78 is 0. The molecule has 0 radical (unpaired) electrons. The van der Waals surface area contributed by atoms with E-state index in [1.54, 1.807) is 0 Å². The first-order chi connectivity index (χ1) is 19.8. The fraction of sp³-hybridized carbons (Fsp3) is 0. The van der Waals surface area contributed by atoms with Crippen LogP contribution in [0.4, 0.5) is 0 Å². The van der Waals surface area contributed by atoms with Crippen LogP contribution in [0.15, 0.2) is 97.1 Å². The fourth-order valence-electron chi connectivity index (χ4n) is 5.59. The third-order valence-electron chi connectivity index (χ3n) is 7.46. The molecule has 9 rings (SSSR count). The minimum absolute atomic E-state index is 0. The van der Waals surface area contributed by atoms with Crippen LogP contribution in [-0.2, 0) is 0 Å². The largest absolute Gasteiger partial charge is 2.00 e. The number of benzene rings is 4. The molecule has 9 heteroatoms. The van der Waals surface area contributed by atoms with E-state index in [4.69, 9.17) is 29.9 Å². The van der Waals surface area contributed by atoms with E-state index in [1.165, 1.54) is 0 Å². The van der Waals surface area contributed by atoms with Crippen LogP contribution in [-0.4, -0.2) is 43.0 Å². The molecular weight excluding hydrogens is 521 g/mol. The summed E-state index contributed by atoms with van der Waals surface area (Å²) in [7, 11) is 0. The summed E-state index contributed by atoms with van der Waals surface area (Å²) >= 11 is 0. The van der Waals surface area contributed by atoms with Crippen LogP contribution in [0, 0.1) is 0 Å². The third kappa shape index (κ3) is 3.59. The second-order valence-electron chi connectivity index (χ2n) is 9.79. The van der Waals surface area contributed by atoms with Gasteiger partial charge in [0.2, 0.25) is 0 Å². The van der Waals surface area contributed by atoms with Gasteiger partial charge in [0.25, 0.3) is 17.5 Å². The summed E-state index contributed by atoms with van der Waals surface area (Å²) in [6.45, 7) is 0. The van der Waals surface area contributed by atoms with Gasteiger partial charge in [-0.25, -0.2) is 4.98 Å². The van der Waals surface area contributed by atoms with Gasteiger partial charge in [-0.3, -0.25) is 9.97 Å². The molecule has 0 amide bonds. The van der Waals surface area contributed by atoms with Gasteiger partial charge in [0.15, 0.2) is 16.9 Å². The Morgan fingerprint density at radius 1 is 0.366 bits per heavy atom. The summed E-state index contributed by atoms with van der Waals surface area (Å²) in [5.41, 5.74) is 6.21. The molecule has 0 aliphatic carbocycles. The molecule has 2 N–H and O–H groups in total. The second-order valence-corrected chi connectivity index (χ2v) is 9.79. The first-order valence-electron chi connectivity index (χ1n) is 13.0. The van der Waals surface area contributed by atoms with Crippen LogP contribution in [0.2, 0.25) is 0 Å². The minimum atomic E-state index is 0. The predicted octanol–water partition coefficient (Wildman–Crippen LogP) is 4.58. The molecule has 0 unspecified atom stereocenters. The third-order valence-corrected chi connectivity index (χ3v) is 7.46. The van der Waals surface area contributed by atoms with Gasteiger partial charge in [-0.1, -0.05) is 93.8 Å². The molecule has 0 saturated carbocycles. The summed E-state index contributed by atoms with van der Waals surface area (Å²) in [5.74, 6) is 2.74. The molecule has 0 saturated heterocycles. The van der Waals surface area contributed by atoms with Crippen molar-refractivity contribution in [2.24, 2.45) is 0 Å². The summed E-state index contributed by atoms with van der Waals surface area (Å²) in [5, 5.41) is 3.71. The van der Waals surface area contributed by atoms with E-state index in [0.717, 1.165) is 43.8 Å². The molecule has 0 atom stereocenters. The van der Waals surface area contributed by atoms with Gasteiger partial charge < -0.3 is 9.97 Å². The van der Waals surface area contributed by atoms with Crippen molar-refractivity contribution in [1.29, 1.82) is 0 Å². The number of rotatable bonds is 0. The molecule has 41 heavy (non-hydrogen) atoms. The number of nitrogens with zero attached hydrogens (tertiary/aromatic N) is 6. The Balaban J connectivity index is 0.00000256. The molecule has 8 bridgehead atoms. The van der Waals surface area contributed by atoms with Gasteiger partial charge in [0.1, 0.15) is 5.82 Å². The minimum Gasteiger partial charge on any atom is -0.331 e. The van der Waals surface area contributed by atoms with E-state index in [2.05, 4.69) is 9.97 Å². The molecule has 7 aromatic rings. The molecule has 3 aromatic heterocycles. The van der Waals surface area contributed by atoms with Gasteiger partial charge >= 0.3 is 23.1 Å². The van der Waals surface area contributed by atoms with E-state index in [0.29, 0.717) is 45.9 Å². The van der Waals surface area contributed by atoms with Gasteiger partial charge in [0, 0.05) is 27.4 Å². The number of hydrogen-bond acceptors (Lipinski definition) is 4. The van der Waals surface area contributed by atoms with Crippen LogP contribution < -0.4 is 19.9 Å². The maximum atomic E-state index is 5.02. The van der Waals surface area contributed by atoms with Gasteiger partial charge in [-0.15, -0.1) is 0 Å². The van der Waals surface area contributed by atoms with E-state index >= 15 is 0 Å². The SMILES string of the molecule is [Mg+2].c1ccc2c(c1)-c1nc3[n-]c(nc4[nH+]c(nc5[n-]c(nc-2[nH+]1)c1ccccc51)-c1ccccc1-4)c1ccccc31. The van der Waals surface area contributed by atoms with Crippen LogP contribution in [0.3, 0.4) is 0 Å². The van der Waals surface area contributed by atoms with Crippen LogP contribution >= 0.6 is 0 Å². The number of nitrogens with one attached hydrogen (secondary N) is 2. The summed E-state index contributed by atoms with van der Waals surface area (Å²) in [4.78, 5) is 36.8. The summed E-state index contributed by atoms with van der Waals surface area (Å²) in [6, 6.07) is 32.2. The zero-order valence-corrected chi connectivity index (χ0v) is 23.0. The zero-order valence-electron chi connectivity index (χ0n) is 21.6. The Labute approximate surface area is 248 Å². The van der Waals surface area contributed by atoms with Crippen molar-refractivity contribution < 1.29 is 9.97 Å². The maximum absolute atomic E-state index is 5.02. The topological polar surface area (TPSA) is 108 Å². The molecule has 0 fully saturated rings. The Morgan fingerprint density at radius 3 is 0.878 bits per heavy atom. The van der Waals surface area contributed by atoms with Gasteiger partial charge in [-0.2, -0.15) is 0 Å². The number of aromatic amines is 2. The van der Waals surface area contributed by atoms with Crippen molar-refractivity contribution in [1.82, 2.24) is 29.9 Å². The van der Waals surface area contributed by atoms with Crippen molar-refractivity contribution >= 4 is 67.2 Å². The molecule has 0 spiro atoms. The quantitative estimate of drug-likeness (QED) is 0.261. The molecule has 8 nitrogen and oxygen atoms in total. The fourth-order valence-corrected chi connectivity index (χ4v) is 5.59. The first-order valence-corrected chi connectivity index (χ1v) is 13.0. The Morgan fingerprint density at radius 2 is 0.610 bits per heavy atom. The van der Waals surface area contributed by atoms with E-state index in [9.17, 15) is 0 Å². The Bertz CT molecular complexity index is 2030. The molecule has 5 heterocycles. The monoisotopic (exact) mass is 538 g/mol. The molecule has 2 aliphatic rings. The Kier molecular flexibility index (Phi) is 5.25. The van der Waals surface area contributed by atoms with Crippen molar-refractivity contribution in [3.8, 4) is 45.6 Å². The van der Waals surface area contributed by atoms with Crippen molar-refractivity contribution in [2.45, 2.75) is 0 Å². The van der Waals surface area contributed by atoms with Gasteiger partial charge in [-0.05, 0) is 23.6 Å². The zero-order chi connectivity index (χ0) is 26.2. The van der Waals surface area contributed by atoms with Crippen LogP contribution in [0.25, 0.3) is 89.7 Å². The van der Waals surface area contributed by atoms with Crippen molar-refractivity contribution in [3.63, 3.8) is 0 Å². The van der Waals surface area contributed by atoms with Gasteiger partial charge in [0.05, 0.1) is 16.7 Å².